The number of carboxylic acid groups (broad SMARTS) is 1. The zero-order valence-corrected chi connectivity index (χ0v) is 19.8. The van der Waals surface area contributed by atoms with E-state index in [1.54, 1.807) is 30.3 Å². The number of para-hydroxylation sites is 1. The van der Waals surface area contributed by atoms with E-state index >= 15 is 0 Å². The van der Waals surface area contributed by atoms with E-state index in [0.717, 1.165) is 32.0 Å². The number of piperidine rings is 1. The van der Waals surface area contributed by atoms with Crippen LogP contribution in [0.15, 0.2) is 60.7 Å². The molecule has 1 aromatic heterocycles. The molecule has 0 atom stereocenters. The van der Waals surface area contributed by atoms with Gasteiger partial charge >= 0.3 is 5.97 Å². The van der Waals surface area contributed by atoms with E-state index in [9.17, 15) is 18.0 Å². The first kappa shape index (κ1) is 26.8. The van der Waals surface area contributed by atoms with E-state index in [1.807, 2.05) is 0 Å². The van der Waals surface area contributed by atoms with Crippen LogP contribution in [0, 0.1) is 17.5 Å². The van der Waals surface area contributed by atoms with Crippen LogP contribution in [-0.2, 0) is 0 Å². The number of aromatic nitrogens is 2. The molecule has 0 aliphatic carbocycles. The average Bonchev–Trinajstić information content (AvgIpc) is 3.19. The van der Waals surface area contributed by atoms with Crippen LogP contribution in [0.5, 0.6) is 5.88 Å². The number of hydrogen-bond acceptors (Lipinski definition) is 5. The molecular weight excluding hydrogens is 497 g/mol. The molecule has 0 saturated carbocycles. The summed E-state index contributed by atoms with van der Waals surface area (Å²) in [5.41, 5.74) is 5.44. The van der Waals surface area contributed by atoms with Crippen molar-refractivity contribution in [2.45, 2.75) is 18.9 Å². The molecule has 36 heavy (non-hydrogen) atoms. The fourth-order valence-electron chi connectivity index (χ4n) is 3.82. The number of nitrogen functional groups attached to an aromatic ring is 1. The summed E-state index contributed by atoms with van der Waals surface area (Å²) in [4.78, 5) is 10.3. The minimum Gasteiger partial charge on any atom is -0.478 e. The van der Waals surface area contributed by atoms with Crippen LogP contribution >= 0.6 is 12.4 Å². The molecule has 5 rings (SSSR count). The van der Waals surface area contributed by atoms with Crippen molar-refractivity contribution in [1.29, 1.82) is 0 Å². The first-order chi connectivity index (χ1) is 16.9. The van der Waals surface area contributed by atoms with Crippen molar-refractivity contribution < 1.29 is 27.8 Å². The van der Waals surface area contributed by atoms with Gasteiger partial charge < -0.3 is 20.9 Å². The van der Waals surface area contributed by atoms with Crippen molar-refractivity contribution in [2.24, 2.45) is 0 Å². The Balaban J connectivity index is 0.000000256. The van der Waals surface area contributed by atoms with Crippen molar-refractivity contribution in [3.63, 3.8) is 0 Å². The third-order valence-electron chi connectivity index (χ3n) is 5.53. The fraction of sp³-hybridized carbons (Fsp3) is 0.200. The Bertz CT molecular complexity index is 1340. The zero-order valence-electron chi connectivity index (χ0n) is 19.0. The first-order valence-electron chi connectivity index (χ1n) is 10.9. The van der Waals surface area contributed by atoms with Gasteiger partial charge in [0.1, 0.15) is 34.8 Å². The van der Waals surface area contributed by atoms with E-state index in [-0.39, 0.29) is 35.8 Å². The Hall–Kier alpha value is -3.76. The van der Waals surface area contributed by atoms with Crippen LogP contribution < -0.4 is 15.8 Å². The summed E-state index contributed by atoms with van der Waals surface area (Å²) in [6, 6.07) is 14.7. The normalized spacial score (nSPS) is 13.4. The van der Waals surface area contributed by atoms with E-state index in [1.165, 1.54) is 28.9 Å². The molecule has 1 aliphatic heterocycles. The number of ether oxygens (including phenoxy) is 1. The van der Waals surface area contributed by atoms with Crippen LogP contribution in [0.25, 0.3) is 16.6 Å². The summed E-state index contributed by atoms with van der Waals surface area (Å²) in [6.45, 7) is 1.72. The molecule has 0 unspecified atom stereocenters. The van der Waals surface area contributed by atoms with Gasteiger partial charge in [-0.3, -0.25) is 0 Å². The Kier molecular flexibility index (Phi) is 8.78. The van der Waals surface area contributed by atoms with Gasteiger partial charge in [0, 0.05) is 5.69 Å². The van der Waals surface area contributed by atoms with Gasteiger partial charge in [-0.2, -0.15) is 0 Å². The second kappa shape index (κ2) is 11.8. The maximum absolute atomic E-state index is 14.4. The number of hydrogen-bond donors (Lipinski definition) is 3. The van der Waals surface area contributed by atoms with Gasteiger partial charge in [-0.15, -0.1) is 17.5 Å². The minimum absolute atomic E-state index is 0. The number of carbonyl (C=O) groups is 1. The van der Waals surface area contributed by atoms with Crippen LogP contribution in [0.4, 0.5) is 18.9 Å². The van der Waals surface area contributed by atoms with E-state index in [2.05, 4.69) is 10.4 Å². The molecule has 1 aliphatic rings. The van der Waals surface area contributed by atoms with E-state index in [4.69, 9.17) is 15.6 Å². The van der Waals surface area contributed by atoms with Gasteiger partial charge in [0.05, 0.1) is 10.9 Å². The van der Waals surface area contributed by atoms with Crippen molar-refractivity contribution in [1.82, 2.24) is 15.1 Å². The molecule has 11 heteroatoms. The molecule has 190 valence electrons. The maximum atomic E-state index is 14.4. The molecular formula is C25H24ClF3N4O3. The number of benzene rings is 3. The van der Waals surface area contributed by atoms with Crippen molar-refractivity contribution in [3.05, 3.63) is 83.7 Å². The van der Waals surface area contributed by atoms with E-state index < -0.39 is 29.0 Å². The summed E-state index contributed by atoms with van der Waals surface area (Å²) < 4.78 is 48.6. The Morgan fingerprint density at radius 2 is 1.61 bits per heavy atom. The molecule has 4 aromatic rings. The van der Waals surface area contributed by atoms with Gasteiger partial charge in [-0.05, 0) is 62.3 Å². The summed E-state index contributed by atoms with van der Waals surface area (Å²) >= 11 is 0. The highest BCUT2D eigenvalue weighted by Gasteiger charge is 2.22. The number of nitrogens with one attached hydrogen (secondary N) is 1. The highest BCUT2D eigenvalue weighted by atomic mass is 35.5. The second-order valence-electron chi connectivity index (χ2n) is 7.88. The molecule has 2 heterocycles. The monoisotopic (exact) mass is 520 g/mol. The Morgan fingerprint density at radius 1 is 0.972 bits per heavy atom. The molecule has 0 radical (unpaired) electrons. The molecule has 1 fully saturated rings. The number of rotatable bonds is 4. The average molecular weight is 521 g/mol. The predicted octanol–water partition coefficient (Wildman–Crippen LogP) is 4.96. The van der Waals surface area contributed by atoms with Gasteiger partial charge in [-0.25, -0.2) is 22.6 Å². The molecule has 4 N–H and O–H groups in total. The summed E-state index contributed by atoms with van der Waals surface area (Å²) in [5.74, 6) is -2.77. The third kappa shape index (κ3) is 5.72. The summed E-state index contributed by atoms with van der Waals surface area (Å²) in [7, 11) is 0. The van der Waals surface area contributed by atoms with Gasteiger partial charge in [0.25, 0.3) is 0 Å². The number of nitrogens with two attached hydrogens (primary N) is 1. The minimum atomic E-state index is -1.35. The molecule has 0 amide bonds. The molecule has 3 aromatic carbocycles. The lowest BCUT2D eigenvalue weighted by molar-refractivity contribution is 0.0693. The molecule has 0 spiro atoms. The quantitative estimate of drug-likeness (QED) is 0.329. The van der Waals surface area contributed by atoms with Crippen LogP contribution in [-0.4, -0.2) is 40.0 Å². The lowest BCUT2D eigenvalue weighted by Gasteiger charge is -2.22. The SMILES string of the molecule is Cl.Fc1ccccc1-n1nc(OC2CCNCC2)c2c(F)cccc21.Nc1cccc(F)c1C(=O)O. The Labute approximate surface area is 211 Å². The zero-order chi connectivity index (χ0) is 24.9. The Morgan fingerprint density at radius 3 is 2.25 bits per heavy atom. The van der Waals surface area contributed by atoms with Gasteiger partial charge in [-0.1, -0.05) is 24.3 Å². The van der Waals surface area contributed by atoms with E-state index in [0.29, 0.717) is 10.9 Å². The number of carboxylic acids is 1. The first-order valence-corrected chi connectivity index (χ1v) is 10.9. The van der Waals surface area contributed by atoms with Crippen molar-refractivity contribution in [3.8, 4) is 11.6 Å². The lowest BCUT2D eigenvalue weighted by Crippen LogP contribution is -2.34. The van der Waals surface area contributed by atoms with Crippen LogP contribution in [0.3, 0.4) is 0 Å². The highest BCUT2D eigenvalue weighted by Crippen LogP contribution is 2.32. The predicted molar refractivity (Wildman–Crippen MR) is 133 cm³/mol. The number of aromatic carboxylic acids is 1. The van der Waals surface area contributed by atoms with Gasteiger partial charge in [0.2, 0.25) is 5.88 Å². The van der Waals surface area contributed by atoms with Crippen LogP contribution in [0.2, 0.25) is 0 Å². The smallest absolute Gasteiger partial charge is 0.340 e. The molecule has 1 saturated heterocycles. The van der Waals surface area contributed by atoms with Crippen LogP contribution in [0.1, 0.15) is 23.2 Å². The topological polar surface area (TPSA) is 102 Å². The number of anilines is 1. The summed E-state index contributed by atoms with van der Waals surface area (Å²) in [6.07, 6.45) is 1.66. The fourth-order valence-corrected chi connectivity index (χ4v) is 3.82. The lowest BCUT2D eigenvalue weighted by atomic mass is 10.1. The maximum Gasteiger partial charge on any atom is 0.340 e. The third-order valence-corrected chi connectivity index (χ3v) is 5.53. The number of halogens is 4. The van der Waals surface area contributed by atoms with Crippen molar-refractivity contribution in [2.75, 3.05) is 18.8 Å². The standard InChI is InChI=1S/C18H17F2N3O.C7H6FNO2.ClH/c19-13-4-1-2-6-15(13)23-16-7-3-5-14(20)17(16)18(22-23)24-12-8-10-21-11-9-12;8-4-2-1-3-5(9)6(4)7(10)11;/h1-7,12,21H,8-11H2;1-3H,9H2,(H,10,11);1H. The highest BCUT2D eigenvalue weighted by molar-refractivity contribution is 5.93. The second-order valence-corrected chi connectivity index (χ2v) is 7.88. The van der Waals surface area contributed by atoms with Crippen molar-refractivity contribution >= 4 is 35.0 Å². The molecule has 0 bridgehead atoms. The summed E-state index contributed by atoms with van der Waals surface area (Å²) in [5, 5.41) is 16.3. The number of nitrogens with zero attached hydrogens (tertiary/aromatic N) is 2. The largest absolute Gasteiger partial charge is 0.478 e. The number of fused-ring (bicyclic) bond motifs is 1. The molecule has 7 nitrogen and oxygen atoms in total. The van der Waals surface area contributed by atoms with Gasteiger partial charge in [0.15, 0.2) is 0 Å².